The summed E-state index contributed by atoms with van der Waals surface area (Å²) in [6.07, 6.45) is 0. The summed E-state index contributed by atoms with van der Waals surface area (Å²) in [6, 6.07) is 3.66. The van der Waals surface area contributed by atoms with E-state index in [0.29, 0.717) is 10.7 Å². The minimum Gasteiger partial charge on any atom is -0.246 e. The number of aromatic nitrogens is 3. The van der Waals surface area contributed by atoms with Gasteiger partial charge in [0.2, 0.25) is 10.0 Å². The summed E-state index contributed by atoms with van der Waals surface area (Å²) in [7, 11) is -3.56. The summed E-state index contributed by atoms with van der Waals surface area (Å²) in [5.74, 6) is 1.46. The Hall–Kier alpha value is -1.73. The second kappa shape index (κ2) is 6.41. The summed E-state index contributed by atoms with van der Waals surface area (Å²) in [5.41, 5.74) is 2.58. The highest BCUT2D eigenvalue weighted by Crippen LogP contribution is 2.21. The molecule has 0 saturated heterocycles. The maximum absolute atomic E-state index is 12.7. The number of sulfonamides is 1. The van der Waals surface area contributed by atoms with Crippen molar-refractivity contribution in [3.05, 3.63) is 40.5 Å². The number of benzene rings is 1. The maximum Gasteiger partial charge on any atom is 0.241 e. The van der Waals surface area contributed by atoms with E-state index in [9.17, 15) is 8.42 Å². The van der Waals surface area contributed by atoms with Crippen LogP contribution in [0.1, 0.15) is 41.3 Å². The lowest BCUT2D eigenvalue weighted by atomic mass is 10.1. The molecule has 0 unspecified atom stereocenters. The lowest BCUT2D eigenvalue weighted by Crippen LogP contribution is -2.31. The standard InChI is InChI=1S/C16H24N4O2S/c1-10-7-11(2)16(12(3)8-10)23(21,22)17-9-13(4)20-15(6)18-14(5)19-20/h7-8,13,17H,9H2,1-6H3/t13-/m1/s1. The van der Waals surface area contributed by atoms with E-state index in [1.54, 1.807) is 4.68 Å². The number of nitrogens with zero attached hydrogens (tertiary/aromatic N) is 3. The molecule has 23 heavy (non-hydrogen) atoms. The third kappa shape index (κ3) is 3.79. The van der Waals surface area contributed by atoms with Crippen molar-refractivity contribution in [1.82, 2.24) is 19.5 Å². The van der Waals surface area contributed by atoms with Crippen molar-refractivity contribution in [3.63, 3.8) is 0 Å². The lowest BCUT2D eigenvalue weighted by molar-refractivity contribution is 0.466. The highest BCUT2D eigenvalue weighted by Gasteiger charge is 2.21. The van der Waals surface area contributed by atoms with Crippen LogP contribution in [0.3, 0.4) is 0 Å². The zero-order valence-electron chi connectivity index (χ0n) is 14.5. The Bertz CT molecular complexity index is 802. The molecule has 126 valence electrons. The molecule has 0 spiro atoms. The summed E-state index contributed by atoms with van der Waals surface area (Å²) in [4.78, 5) is 4.61. The molecule has 7 heteroatoms. The summed E-state index contributed by atoms with van der Waals surface area (Å²) in [6.45, 7) is 11.5. The van der Waals surface area contributed by atoms with Crippen molar-refractivity contribution in [1.29, 1.82) is 0 Å². The molecule has 0 amide bonds. The van der Waals surface area contributed by atoms with E-state index >= 15 is 0 Å². The van der Waals surface area contributed by atoms with E-state index in [2.05, 4.69) is 14.8 Å². The average Bonchev–Trinajstić information content (AvgIpc) is 2.73. The van der Waals surface area contributed by atoms with Crippen LogP contribution in [0.2, 0.25) is 0 Å². The third-order valence-electron chi connectivity index (χ3n) is 3.77. The van der Waals surface area contributed by atoms with Crippen LogP contribution >= 0.6 is 0 Å². The SMILES string of the molecule is Cc1cc(C)c(S(=O)(=O)NC[C@@H](C)n2nc(C)nc2C)c(C)c1. The van der Waals surface area contributed by atoms with Gasteiger partial charge in [0.1, 0.15) is 11.6 Å². The Morgan fingerprint density at radius 1 is 1.13 bits per heavy atom. The van der Waals surface area contributed by atoms with Gasteiger partial charge in [-0.3, -0.25) is 0 Å². The predicted molar refractivity (Wildman–Crippen MR) is 90.0 cm³/mol. The quantitative estimate of drug-likeness (QED) is 0.909. The Kier molecular flexibility index (Phi) is 4.91. The zero-order chi connectivity index (χ0) is 17.4. The fraction of sp³-hybridized carbons (Fsp3) is 0.500. The second-order valence-electron chi connectivity index (χ2n) is 6.08. The van der Waals surface area contributed by atoms with Gasteiger partial charge in [0.05, 0.1) is 10.9 Å². The Morgan fingerprint density at radius 2 is 1.70 bits per heavy atom. The highest BCUT2D eigenvalue weighted by molar-refractivity contribution is 7.89. The van der Waals surface area contributed by atoms with Gasteiger partial charge in [0.25, 0.3) is 0 Å². The molecule has 0 saturated carbocycles. The maximum atomic E-state index is 12.7. The number of rotatable bonds is 5. The van der Waals surface area contributed by atoms with Crippen LogP contribution in [0.4, 0.5) is 0 Å². The molecule has 1 heterocycles. The third-order valence-corrected chi connectivity index (χ3v) is 5.50. The number of aryl methyl sites for hydroxylation is 5. The average molecular weight is 336 g/mol. The molecule has 0 aliphatic rings. The molecule has 2 rings (SSSR count). The van der Waals surface area contributed by atoms with Gasteiger partial charge in [-0.05, 0) is 52.7 Å². The molecule has 1 aromatic carbocycles. The molecule has 2 aromatic rings. The summed E-state index contributed by atoms with van der Waals surface area (Å²) < 4.78 is 29.7. The van der Waals surface area contributed by atoms with E-state index in [1.165, 1.54) is 0 Å². The van der Waals surface area contributed by atoms with Crippen molar-refractivity contribution in [2.45, 2.75) is 52.5 Å². The lowest BCUT2D eigenvalue weighted by Gasteiger charge is -2.17. The van der Waals surface area contributed by atoms with Crippen LogP contribution in [0, 0.1) is 34.6 Å². The number of hydrogen-bond donors (Lipinski definition) is 1. The molecule has 1 aromatic heterocycles. The van der Waals surface area contributed by atoms with Gasteiger partial charge in [0, 0.05) is 6.54 Å². The molecule has 6 nitrogen and oxygen atoms in total. The van der Waals surface area contributed by atoms with Crippen LogP contribution < -0.4 is 4.72 Å². The first-order valence-electron chi connectivity index (χ1n) is 7.59. The molecular weight excluding hydrogens is 312 g/mol. The fourth-order valence-corrected chi connectivity index (χ4v) is 4.50. The number of nitrogens with one attached hydrogen (secondary N) is 1. The normalized spacial score (nSPS) is 13.3. The van der Waals surface area contributed by atoms with Crippen molar-refractivity contribution in [3.8, 4) is 0 Å². The van der Waals surface area contributed by atoms with Crippen LogP contribution in [-0.2, 0) is 10.0 Å². The first kappa shape index (κ1) is 17.6. The molecular formula is C16H24N4O2S. The molecule has 0 fully saturated rings. The van der Waals surface area contributed by atoms with E-state index in [0.717, 1.165) is 22.5 Å². The van der Waals surface area contributed by atoms with E-state index in [1.807, 2.05) is 53.7 Å². The second-order valence-corrected chi connectivity index (χ2v) is 7.78. The topological polar surface area (TPSA) is 76.9 Å². The van der Waals surface area contributed by atoms with Gasteiger partial charge in [0.15, 0.2) is 0 Å². The van der Waals surface area contributed by atoms with E-state index in [4.69, 9.17) is 0 Å². The molecule has 1 atom stereocenters. The van der Waals surface area contributed by atoms with Crippen molar-refractivity contribution in [2.24, 2.45) is 0 Å². The Morgan fingerprint density at radius 3 is 2.17 bits per heavy atom. The van der Waals surface area contributed by atoms with Gasteiger partial charge in [-0.25, -0.2) is 22.8 Å². The van der Waals surface area contributed by atoms with Crippen molar-refractivity contribution >= 4 is 10.0 Å². The predicted octanol–water partition coefficient (Wildman–Crippen LogP) is 2.36. The molecule has 1 N–H and O–H groups in total. The van der Waals surface area contributed by atoms with Crippen LogP contribution in [-0.4, -0.2) is 29.7 Å². The molecule has 0 bridgehead atoms. The summed E-state index contributed by atoms with van der Waals surface area (Å²) in [5, 5.41) is 4.30. The van der Waals surface area contributed by atoms with Crippen LogP contribution in [0.25, 0.3) is 0 Å². The molecule has 0 aliphatic carbocycles. The van der Waals surface area contributed by atoms with E-state index < -0.39 is 10.0 Å². The Balaban J connectivity index is 2.21. The van der Waals surface area contributed by atoms with Crippen molar-refractivity contribution in [2.75, 3.05) is 6.54 Å². The summed E-state index contributed by atoms with van der Waals surface area (Å²) >= 11 is 0. The van der Waals surface area contributed by atoms with Crippen LogP contribution in [0.15, 0.2) is 17.0 Å². The van der Waals surface area contributed by atoms with Gasteiger partial charge in [-0.2, -0.15) is 5.10 Å². The van der Waals surface area contributed by atoms with Gasteiger partial charge in [-0.15, -0.1) is 0 Å². The van der Waals surface area contributed by atoms with E-state index in [-0.39, 0.29) is 12.6 Å². The number of hydrogen-bond acceptors (Lipinski definition) is 4. The zero-order valence-corrected chi connectivity index (χ0v) is 15.3. The van der Waals surface area contributed by atoms with Crippen molar-refractivity contribution < 1.29 is 8.42 Å². The molecule has 0 radical (unpaired) electrons. The van der Waals surface area contributed by atoms with Crippen LogP contribution in [0.5, 0.6) is 0 Å². The first-order chi connectivity index (χ1) is 10.6. The Labute approximate surface area is 138 Å². The smallest absolute Gasteiger partial charge is 0.241 e. The van der Waals surface area contributed by atoms with Gasteiger partial charge < -0.3 is 0 Å². The van der Waals surface area contributed by atoms with Gasteiger partial charge in [-0.1, -0.05) is 17.7 Å². The minimum absolute atomic E-state index is 0.114. The largest absolute Gasteiger partial charge is 0.246 e. The molecule has 0 aliphatic heterocycles. The minimum atomic E-state index is -3.56. The van der Waals surface area contributed by atoms with Gasteiger partial charge >= 0.3 is 0 Å². The first-order valence-corrected chi connectivity index (χ1v) is 9.07. The highest BCUT2D eigenvalue weighted by atomic mass is 32.2. The fourth-order valence-electron chi connectivity index (χ4n) is 2.93. The monoisotopic (exact) mass is 336 g/mol.